The van der Waals surface area contributed by atoms with Crippen molar-refractivity contribution in [3.05, 3.63) is 69.7 Å². The van der Waals surface area contributed by atoms with Gasteiger partial charge in [0.15, 0.2) is 0 Å². The maximum Gasteiger partial charge on any atom is 0.126 e. The molecule has 1 saturated carbocycles. The van der Waals surface area contributed by atoms with Crippen molar-refractivity contribution in [1.29, 1.82) is 0 Å². The Hall–Kier alpha value is -1.95. The van der Waals surface area contributed by atoms with Crippen LogP contribution in [0.3, 0.4) is 0 Å². The van der Waals surface area contributed by atoms with Gasteiger partial charge in [-0.3, -0.25) is 0 Å². The standard InChI is InChI=1S/C24H25ClO6/c25-18-6-5-16(23-22(29)21(28)20(27)19(13-26)31-23)12-17(18)11-15-3-1-14(2-4-15)7-8-24(30)9-10-24/h1-6,12,19-23,26-30H,9-11,13H2/t19?,20-,21+,22-,23?/m1/s1. The van der Waals surface area contributed by atoms with Gasteiger partial charge in [-0.1, -0.05) is 47.7 Å². The van der Waals surface area contributed by atoms with Crippen molar-refractivity contribution < 1.29 is 30.3 Å². The van der Waals surface area contributed by atoms with Crippen LogP contribution in [0.4, 0.5) is 0 Å². The van der Waals surface area contributed by atoms with Gasteiger partial charge in [-0.15, -0.1) is 0 Å². The molecule has 2 unspecified atom stereocenters. The summed E-state index contributed by atoms with van der Waals surface area (Å²) < 4.78 is 5.65. The van der Waals surface area contributed by atoms with E-state index in [1.54, 1.807) is 18.2 Å². The van der Waals surface area contributed by atoms with Crippen molar-refractivity contribution >= 4 is 11.6 Å². The zero-order valence-electron chi connectivity index (χ0n) is 16.8. The fourth-order valence-electron chi connectivity index (χ4n) is 3.64. The molecular weight excluding hydrogens is 420 g/mol. The Morgan fingerprint density at radius 3 is 2.35 bits per heavy atom. The summed E-state index contributed by atoms with van der Waals surface area (Å²) in [5.41, 5.74) is 2.42. The molecule has 2 aliphatic rings. The summed E-state index contributed by atoms with van der Waals surface area (Å²) >= 11 is 6.38. The lowest BCUT2D eigenvalue weighted by atomic mass is 9.90. The van der Waals surface area contributed by atoms with Gasteiger partial charge >= 0.3 is 0 Å². The largest absolute Gasteiger partial charge is 0.394 e. The molecule has 1 heterocycles. The fourth-order valence-corrected chi connectivity index (χ4v) is 3.83. The molecule has 6 nitrogen and oxygen atoms in total. The molecule has 2 fully saturated rings. The van der Waals surface area contributed by atoms with Gasteiger partial charge in [-0.2, -0.15) is 0 Å². The van der Waals surface area contributed by atoms with Crippen molar-refractivity contribution in [2.24, 2.45) is 0 Å². The quantitative estimate of drug-likeness (QED) is 0.455. The number of aliphatic hydroxyl groups is 5. The van der Waals surface area contributed by atoms with Gasteiger partial charge in [0.1, 0.15) is 36.1 Å². The summed E-state index contributed by atoms with van der Waals surface area (Å²) in [4.78, 5) is 0. The van der Waals surface area contributed by atoms with Crippen LogP contribution in [0.1, 0.15) is 41.2 Å². The lowest BCUT2D eigenvalue weighted by Gasteiger charge is -2.40. The first kappa shape index (κ1) is 22.3. The lowest BCUT2D eigenvalue weighted by molar-refractivity contribution is -0.231. The van der Waals surface area contributed by atoms with Crippen molar-refractivity contribution in [1.82, 2.24) is 0 Å². The first-order valence-electron chi connectivity index (χ1n) is 10.2. The Morgan fingerprint density at radius 2 is 1.71 bits per heavy atom. The van der Waals surface area contributed by atoms with Gasteiger partial charge in [0.25, 0.3) is 0 Å². The number of rotatable bonds is 4. The molecular formula is C24H25ClO6. The van der Waals surface area contributed by atoms with Crippen molar-refractivity contribution in [2.75, 3.05) is 6.61 Å². The molecule has 1 saturated heterocycles. The highest BCUT2D eigenvalue weighted by atomic mass is 35.5. The topological polar surface area (TPSA) is 110 Å². The van der Waals surface area contributed by atoms with E-state index in [2.05, 4.69) is 11.8 Å². The molecule has 2 aromatic carbocycles. The first-order valence-corrected chi connectivity index (χ1v) is 10.6. The third kappa shape index (κ3) is 4.94. The van der Waals surface area contributed by atoms with E-state index in [4.69, 9.17) is 16.3 Å². The summed E-state index contributed by atoms with van der Waals surface area (Å²) in [6.07, 6.45) is -4.07. The molecule has 4 rings (SSSR count). The number of aliphatic hydroxyl groups excluding tert-OH is 4. The number of ether oxygens (including phenoxy) is 1. The second-order valence-electron chi connectivity index (χ2n) is 8.26. The normalized spacial score (nSPS) is 29.2. The highest BCUT2D eigenvalue weighted by Gasteiger charge is 2.44. The lowest BCUT2D eigenvalue weighted by Crippen LogP contribution is -2.55. The van der Waals surface area contributed by atoms with Gasteiger partial charge in [0.05, 0.1) is 6.61 Å². The average molecular weight is 445 g/mol. The number of hydrogen-bond acceptors (Lipinski definition) is 6. The highest BCUT2D eigenvalue weighted by Crippen LogP contribution is 2.35. The smallest absolute Gasteiger partial charge is 0.126 e. The van der Waals surface area contributed by atoms with Crippen molar-refractivity contribution in [3.8, 4) is 11.8 Å². The second kappa shape index (κ2) is 8.89. The van der Waals surface area contributed by atoms with E-state index in [9.17, 15) is 25.5 Å². The van der Waals surface area contributed by atoms with E-state index in [-0.39, 0.29) is 0 Å². The first-order chi connectivity index (χ1) is 14.8. The van der Waals surface area contributed by atoms with Crippen LogP contribution in [-0.4, -0.2) is 62.2 Å². The molecule has 7 heteroatoms. The molecule has 1 aliphatic carbocycles. The molecule has 31 heavy (non-hydrogen) atoms. The summed E-state index contributed by atoms with van der Waals surface area (Å²) in [5.74, 6) is 5.87. The summed E-state index contributed by atoms with van der Waals surface area (Å²) in [6, 6.07) is 12.9. The Labute approximate surface area is 185 Å². The molecule has 5 atom stereocenters. The third-order valence-electron chi connectivity index (χ3n) is 5.80. The van der Waals surface area contributed by atoms with Gasteiger partial charge in [-0.05, 0) is 54.2 Å². The van der Waals surface area contributed by atoms with Gasteiger partial charge in [0.2, 0.25) is 0 Å². The van der Waals surface area contributed by atoms with Crippen LogP contribution in [0.2, 0.25) is 5.02 Å². The van der Waals surface area contributed by atoms with Gasteiger partial charge in [-0.25, -0.2) is 0 Å². The van der Waals surface area contributed by atoms with Crippen LogP contribution in [0, 0.1) is 11.8 Å². The van der Waals surface area contributed by atoms with E-state index >= 15 is 0 Å². The van der Waals surface area contributed by atoms with E-state index in [1.165, 1.54) is 0 Å². The fraction of sp³-hybridized carbons (Fsp3) is 0.417. The van der Waals surface area contributed by atoms with Crippen LogP contribution < -0.4 is 0 Å². The van der Waals surface area contributed by atoms with Crippen LogP contribution >= 0.6 is 11.6 Å². The van der Waals surface area contributed by atoms with E-state index in [0.29, 0.717) is 17.0 Å². The minimum atomic E-state index is -1.43. The maximum atomic E-state index is 10.4. The molecule has 1 aliphatic heterocycles. The zero-order chi connectivity index (χ0) is 22.2. The van der Waals surface area contributed by atoms with Crippen molar-refractivity contribution in [2.45, 2.75) is 55.4 Å². The Bertz CT molecular complexity index is 989. The summed E-state index contributed by atoms with van der Waals surface area (Å²) in [6.45, 7) is -0.478. The predicted octanol–water partition coefficient (Wildman–Crippen LogP) is 1.32. The van der Waals surface area contributed by atoms with Crippen LogP contribution in [0.5, 0.6) is 0 Å². The maximum absolute atomic E-state index is 10.4. The SMILES string of the molecule is OCC1OC(c2ccc(Cl)c(Cc3ccc(C#CC4(O)CC4)cc3)c2)[C@H](O)[C@@H](O)[C@@H]1O. The number of hydrogen-bond donors (Lipinski definition) is 5. The van der Waals surface area contributed by atoms with Gasteiger partial charge < -0.3 is 30.3 Å². The molecule has 2 aromatic rings. The molecule has 0 aromatic heterocycles. The van der Waals surface area contributed by atoms with E-state index in [0.717, 1.165) is 29.5 Å². The Kier molecular flexibility index (Phi) is 6.38. The molecule has 0 radical (unpaired) electrons. The molecule has 5 N–H and O–H groups in total. The van der Waals surface area contributed by atoms with Crippen LogP contribution in [0.15, 0.2) is 42.5 Å². The van der Waals surface area contributed by atoms with E-state index in [1.807, 2.05) is 24.3 Å². The minimum Gasteiger partial charge on any atom is -0.394 e. The summed E-state index contributed by atoms with van der Waals surface area (Å²) in [7, 11) is 0. The zero-order valence-corrected chi connectivity index (χ0v) is 17.5. The number of benzene rings is 2. The predicted molar refractivity (Wildman–Crippen MR) is 114 cm³/mol. The number of halogens is 1. The van der Waals surface area contributed by atoms with Crippen molar-refractivity contribution in [3.63, 3.8) is 0 Å². The molecule has 0 bridgehead atoms. The second-order valence-corrected chi connectivity index (χ2v) is 8.66. The molecule has 164 valence electrons. The minimum absolute atomic E-state index is 0.478. The Morgan fingerprint density at radius 1 is 1.00 bits per heavy atom. The average Bonchev–Trinajstić information content (AvgIpc) is 3.51. The van der Waals surface area contributed by atoms with Gasteiger partial charge in [0, 0.05) is 10.6 Å². The van der Waals surface area contributed by atoms with Crippen LogP contribution in [0.25, 0.3) is 0 Å². The monoisotopic (exact) mass is 444 g/mol. The Balaban J connectivity index is 1.52. The third-order valence-corrected chi connectivity index (χ3v) is 6.17. The van der Waals surface area contributed by atoms with Crippen LogP contribution in [-0.2, 0) is 11.2 Å². The highest BCUT2D eigenvalue weighted by molar-refractivity contribution is 6.31. The summed E-state index contributed by atoms with van der Waals surface area (Å²) in [5, 5.41) is 50.2. The molecule has 0 amide bonds. The van der Waals surface area contributed by atoms with E-state index < -0.39 is 42.7 Å². The molecule has 0 spiro atoms.